The van der Waals surface area contributed by atoms with Crippen LogP contribution in [0.4, 0.5) is 0 Å². The molecule has 0 bridgehead atoms. The minimum atomic E-state index is 0.395. The molecule has 3 heterocycles. The molecule has 0 spiro atoms. The van der Waals surface area contributed by atoms with Crippen LogP contribution in [0.1, 0.15) is 16.6 Å². The summed E-state index contributed by atoms with van der Waals surface area (Å²) in [7, 11) is 1.62. The average Bonchev–Trinajstić information content (AvgIpc) is 3.14. The molecule has 0 aliphatic carbocycles. The molecule has 0 saturated carbocycles. The molecule has 0 radical (unpaired) electrons. The van der Waals surface area contributed by atoms with Crippen molar-refractivity contribution < 1.29 is 9.26 Å². The zero-order valence-electron chi connectivity index (χ0n) is 12.1. The molecule has 21 heavy (non-hydrogen) atoms. The van der Waals surface area contributed by atoms with Crippen LogP contribution < -0.4 is 0 Å². The minimum Gasteiger partial charge on any atom is -0.377 e. The highest BCUT2D eigenvalue weighted by molar-refractivity contribution is 7.09. The van der Waals surface area contributed by atoms with E-state index in [9.17, 15) is 0 Å². The molecule has 0 aromatic carbocycles. The van der Waals surface area contributed by atoms with E-state index in [1.807, 2.05) is 11.7 Å². The summed E-state index contributed by atoms with van der Waals surface area (Å²) in [6, 6.07) is 0. The largest absolute Gasteiger partial charge is 0.377 e. The van der Waals surface area contributed by atoms with Gasteiger partial charge in [0.05, 0.1) is 12.1 Å². The standard InChI is InChI=1S/C13H19N5O2S/c1-19-9-12-15-13(20-16-12)8-18-4-2-17(3-5-18)7-11-6-14-10-21-11/h6,10H,2-5,7-9H2,1H3. The highest BCUT2D eigenvalue weighted by atomic mass is 32.1. The second kappa shape index (κ2) is 7.08. The maximum atomic E-state index is 5.23. The van der Waals surface area contributed by atoms with Crippen molar-refractivity contribution >= 4 is 11.3 Å². The number of hydrogen-bond donors (Lipinski definition) is 0. The lowest BCUT2D eigenvalue weighted by Crippen LogP contribution is -2.45. The molecule has 2 aromatic heterocycles. The van der Waals surface area contributed by atoms with Crippen molar-refractivity contribution in [1.29, 1.82) is 0 Å². The molecule has 1 fully saturated rings. The third kappa shape index (κ3) is 4.07. The maximum Gasteiger partial charge on any atom is 0.240 e. The van der Waals surface area contributed by atoms with Crippen molar-refractivity contribution in [3.8, 4) is 0 Å². The Bertz CT molecular complexity index is 537. The zero-order chi connectivity index (χ0) is 14.5. The SMILES string of the molecule is COCc1noc(CN2CCN(Cc3cncs3)CC2)n1. The molecule has 0 N–H and O–H groups in total. The summed E-state index contributed by atoms with van der Waals surface area (Å²) < 4.78 is 10.2. The molecule has 0 unspecified atom stereocenters. The van der Waals surface area contributed by atoms with Gasteiger partial charge in [-0.15, -0.1) is 11.3 Å². The van der Waals surface area contributed by atoms with Gasteiger partial charge in [0.15, 0.2) is 5.82 Å². The summed E-state index contributed by atoms with van der Waals surface area (Å²) in [5.74, 6) is 1.27. The van der Waals surface area contributed by atoms with Gasteiger partial charge in [0, 0.05) is 50.9 Å². The fraction of sp³-hybridized carbons (Fsp3) is 0.615. The van der Waals surface area contributed by atoms with E-state index >= 15 is 0 Å². The van der Waals surface area contributed by atoms with Crippen LogP contribution in [0, 0.1) is 0 Å². The van der Waals surface area contributed by atoms with Gasteiger partial charge in [0.2, 0.25) is 5.89 Å². The van der Waals surface area contributed by atoms with E-state index in [0.717, 1.165) is 32.7 Å². The highest BCUT2D eigenvalue weighted by Gasteiger charge is 2.19. The normalized spacial score (nSPS) is 17.4. The van der Waals surface area contributed by atoms with Gasteiger partial charge in [-0.3, -0.25) is 14.8 Å². The number of hydrogen-bond acceptors (Lipinski definition) is 8. The second-order valence-corrected chi connectivity index (χ2v) is 6.03. The molecule has 1 aliphatic rings. The van der Waals surface area contributed by atoms with E-state index in [1.54, 1.807) is 18.4 Å². The lowest BCUT2D eigenvalue weighted by atomic mass is 10.3. The predicted octanol–water partition coefficient (Wildman–Crippen LogP) is 0.990. The van der Waals surface area contributed by atoms with Gasteiger partial charge in [0.25, 0.3) is 0 Å². The molecule has 7 nitrogen and oxygen atoms in total. The number of aromatic nitrogens is 3. The average molecular weight is 309 g/mol. The number of nitrogens with zero attached hydrogens (tertiary/aromatic N) is 5. The van der Waals surface area contributed by atoms with E-state index in [0.29, 0.717) is 24.9 Å². The molecule has 3 rings (SSSR count). The summed E-state index contributed by atoms with van der Waals surface area (Å²) in [4.78, 5) is 14.5. The van der Waals surface area contributed by atoms with Crippen molar-refractivity contribution in [2.45, 2.75) is 19.7 Å². The first-order chi connectivity index (χ1) is 10.3. The highest BCUT2D eigenvalue weighted by Crippen LogP contribution is 2.13. The topological polar surface area (TPSA) is 67.5 Å². The van der Waals surface area contributed by atoms with Gasteiger partial charge in [-0.25, -0.2) is 0 Å². The Kier molecular flexibility index (Phi) is 4.91. The number of thiazole rings is 1. The van der Waals surface area contributed by atoms with Gasteiger partial charge >= 0.3 is 0 Å². The Morgan fingerprint density at radius 3 is 2.67 bits per heavy atom. The molecular weight excluding hydrogens is 290 g/mol. The van der Waals surface area contributed by atoms with Gasteiger partial charge < -0.3 is 9.26 Å². The van der Waals surface area contributed by atoms with Crippen molar-refractivity contribution in [2.24, 2.45) is 0 Å². The number of methoxy groups -OCH3 is 1. The first kappa shape index (κ1) is 14.6. The van der Waals surface area contributed by atoms with Crippen LogP contribution in [-0.4, -0.2) is 58.2 Å². The number of rotatable bonds is 6. The van der Waals surface area contributed by atoms with Gasteiger partial charge in [0.1, 0.15) is 6.61 Å². The molecule has 8 heteroatoms. The van der Waals surface area contributed by atoms with Gasteiger partial charge in [-0.2, -0.15) is 4.98 Å². The lowest BCUT2D eigenvalue weighted by molar-refractivity contribution is 0.113. The van der Waals surface area contributed by atoms with E-state index in [4.69, 9.17) is 9.26 Å². The van der Waals surface area contributed by atoms with Crippen LogP contribution in [0.2, 0.25) is 0 Å². The predicted molar refractivity (Wildman–Crippen MR) is 77.7 cm³/mol. The fourth-order valence-corrected chi connectivity index (χ4v) is 3.02. The molecule has 0 atom stereocenters. The van der Waals surface area contributed by atoms with Crippen molar-refractivity contribution in [3.05, 3.63) is 28.3 Å². The third-order valence-corrected chi connectivity index (χ3v) is 4.23. The molecule has 1 aliphatic heterocycles. The second-order valence-electron chi connectivity index (χ2n) is 5.06. The fourth-order valence-electron chi connectivity index (χ4n) is 2.38. The van der Waals surface area contributed by atoms with Crippen LogP contribution in [0.25, 0.3) is 0 Å². The summed E-state index contributed by atoms with van der Waals surface area (Å²) >= 11 is 1.72. The quantitative estimate of drug-likeness (QED) is 0.788. The van der Waals surface area contributed by atoms with Crippen LogP contribution >= 0.6 is 11.3 Å². The molecule has 2 aromatic rings. The molecule has 1 saturated heterocycles. The van der Waals surface area contributed by atoms with Crippen LogP contribution in [0.15, 0.2) is 16.2 Å². The summed E-state index contributed by atoms with van der Waals surface area (Å²) in [5, 5.41) is 3.88. The Balaban J connectivity index is 1.44. The first-order valence-electron chi connectivity index (χ1n) is 6.96. The first-order valence-corrected chi connectivity index (χ1v) is 7.84. The van der Waals surface area contributed by atoms with Crippen LogP contribution in [0.3, 0.4) is 0 Å². The molecule has 114 valence electrons. The summed E-state index contributed by atoms with van der Waals surface area (Å²) in [6.07, 6.45) is 1.95. The monoisotopic (exact) mass is 309 g/mol. The number of piperazine rings is 1. The Morgan fingerprint density at radius 2 is 2.00 bits per heavy atom. The summed E-state index contributed by atoms with van der Waals surface area (Å²) in [5.41, 5.74) is 1.89. The van der Waals surface area contributed by atoms with E-state index in [2.05, 4.69) is 24.9 Å². The van der Waals surface area contributed by atoms with Crippen LogP contribution in [0.5, 0.6) is 0 Å². The lowest BCUT2D eigenvalue weighted by Gasteiger charge is -2.33. The van der Waals surface area contributed by atoms with Gasteiger partial charge in [-0.05, 0) is 0 Å². The molecule has 0 amide bonds. The maximum absolute atomic E-state index is 5.23. The van der Waals surface area contributed by atoms with E-state index in [-0.39, 0.29) is 0 Å². The molecular formula is C13H19N5O2S. The van der Waals surface area contributed by atoms with E-state index < -0.39 is 0 Å². The van der Waals surface area contributed by atoms with E-state index in [1.165, 1.54) is 4.88 Å². The van der Waals surface area contributed by atoms with Crippen molar-refractivity contribution in [3.63, 3.8) is 0 Å². The zero-order valence-corrected chi connectivity index (χ0v) is 12.9. The minimum absolute atomic E-state index is 0.395. The Labute approximate surface area is 127 Å². The van der Waals surface area contributed by atoms with Gasteiger partial charge in [-0.1, -0.05) is 5.16 Å². The Morgan fingerprint density at radius 1 is 1.24 bits per heavy atom. The van der Waals surface area contributed by atoms with Crippen LogP contribution in [-0.2, 0) is 24.4 Å². The number of ether oxygens (including phenoxy) is 1. The van der Waals surface area contributed by atoms with Crippen molar-refractivity contribution in [1.82, 2.24) is 24.9 Å². The summed E-state index contributed by atoms with van der Waals surface area (Å²) in [6.45, 7) is 6.24. The third-order valence-electron chi connectivity index (χ3n) is 3.47. The van der Waals surface area contributed by atoms with Crippen molar-refractivity contribution in [2.75, 3.05) is 33.3 Å². The smallest absolute Gasteiger partial charge is 0.240 e. The Hall–Kier alpha value is -1.35.